The molecule has 7 nitrogen and oxygen atoms in total. The fourth-order valence-corrected chi connectivity index (χ4v) is 3.60. The molecule has 1 saturated carbocycles. The molecule has 2 N–H and O–H groups in total. The molecule has 1 aliphatic carbocycles. The van der Waals surface area contributed by atoms with E-state index in [1.54, 1.807) is 11.4 Å². The van der Waals surface area contributed by atoms with Crippen molar-refractivity contribution in [2.75, 3.05) is 11.9 Å². The summed E-state index contributed by atoms with van der Waals surface area (Å²) in [6.07, 6.45) is 9.48. The van der Waals surface area contributed by atoms with Gasteiger partial charge in [0.2, 0.25) is 11.7 Å². The van der Waals surface area contributed by atoms with Crippen LogP contribution >= 0.6 is 11.3 Å². The Morgan fingerprint density at radius 2 is 1.92 bits per heavy atom. The summed E-state index contributed by atoms with van der Waals surface area (Å²) in [5, 5.41) is 7.86. The minimum absolute atomic E-state index is 0.0276. The lowest BCUT2D eigenvalue weighted by Crippen LogP contribution is -2.31. The van der Waals surface area contributed by atoms with Crippen molar-refractivity contribution < 1.29 is 9.59 Å². The number of aromatic nitrogens is 3. The summed E-state index contributed by atoms with van der Waals surface area (Å²) < 4.78 is 0. The van der Waals surface area contributed by atoms with Crippen molar-refractivity contribution >= 4 is 28.3 Å². The Hall–Kier alpha value is -2.35. The van der Waals surface area contributed by atoms with Gasteiger partial charge in [-0.3, -0.25) is 14.9 Å². The Labute approximate surface area is 150 Å². The van der Waals surface area contributed by atoms with E-state index in [2.05, 4.69) is 25.6 Å². The van der Waals surface area contributed by atoms with Gasteiger partial charge in [0.15, 0.2) is 5.13 Å². The summed E-state index contributed by atoms with van der Waals surface area (Å²) in [7, 11) is 0. The van der Waals surface area contributed by atoms with Gasteiger partial charge in [0.1, 0.15) is 0 Å². The highest BCUT2D eigenvalue weighted by molar-refractivity contribution is 7.14. The van der Waals surface area contributed by atoms with Crippen molar-refractivity contribution in [2.45, 2.75) is 38.5 Å². The topological polar surface area (TPSA) is 96.9 Å². The number of thiazole rings is 1. The molecule has 0 radical (unpaired) electrons. The molecule has 2 aromatic heterocycles. The van der Waals surface area contributed by atoms with E-state index in [0.29, 0.717) is 16.7 Å². The fraction of sp³-hybridized carbons (Fsp3) is 0.471. The number of carbonyl (C=O) groups excluding carboxylic acids is 2. The zero-order chi connectivity index (χ0) is 17.5. The number of amides is 2. The first kappa shape index (κ1) is 17.5. The first-order valence-electron chi connectivity index (χ1n) is 8.50. The molecule has 2 aromatic rings. The van der Waals surface area contributed by atoms with Gasteiger partial charge >= 0.3 is 0 Å². The number of nitrogens with one attached hydrogen (secondary N) is 2. The van der Waals surface area contributed by atoms with Crippen molar-refractivity contribution in [3.63, 3.8) is 0 Å². The van der Waals surface area contributed by atoms with Crippen LogP contribution in [0.4, 0.5) is 5.13 Å². The lowest BCUT2D eigenvalue weighted by atomic mass is 9.89. The number of hydrogen-bond donors (Lipinski definition) is 2. The average molecular weight is 359 g/mol. The maximum Gasteiger partial charge on any atom is 0.295 e. The van der Waals surface area contributed by atoms with Gasteiger partial charge in [0, 0.05) is 24.3 Å². The molecule has 0 unspecified atom stereocenters. The largest absolute Gasteiger partial charge is 0.355 e. The lowest BCUT2D eigenvalue weighted by molar-refractivity contribution is -0.120. The highest BCUT2D eigenvalue weighted by atomic mass is 32.1. The molecule has 0 saturated heterocycles. The summed E-state index contributed by atoms with van der Waals surface area (Å²) in [5.41, 5.74) is 0.649. The van der Waals surface area contributed by atoms with Crippen molar-refractivity contribution in [3.8, 4) is 0 Å². The van der Waals surface area contributed by atoms with Gasteiger partial charge in [0.25, 0.3) is 5.91 Å². The Kier molecular flexibility index (Phi) is 6.05. The van der Waals surface area contributed by atoms with E-state index in [-0.39, 0.29) is 18.2 Å². The van der Waals surface area contributed by atoms with Gasteiger partial charge in [-0.1, -0.05) is 19.3 Å². The maximum atomic E-state index is 12.1. The third-order valence-electron chi connectivity index (χ3n) is 4.20. The van der Waals surface area contributed by atoms with Crippen molar-refractivity contribution in [1.29, 1.82) is 0 Å². The molecule has 25 heavy (non-hydrogen) atoms. The minimum atomic E-state index is -0.414. The van der Waals surface area contributed by atoms with Crippen LogP contribution in [0, 0.1) is 5.92 Å². The van der Waals surface area contributed by atoms with Gasteiger partial charge in [-0.2, -0.15) is 0 Å². The number of anilines is 1. The number of hydrogen-bond acceptors (Lipinski definition) is 6. The van der Waals surface area contributed by atoms with Gasteiger partial charge in [0.05, 0.1) is 12.1 Å². The zero-order valence-electron chi connectivity index (χ0n) is 13.9. The summed E-state index contributed by atoms with van der Waals surface area (Å²) in [6.45, 7) is 0.748. The maximum absolute atomic E-state index is 12.1. The molecule has 3 rings (SSSR count). The second-order valence-electron chi connectivity index (χ2n) is 6.16. The first-order chi connectivity index (χ1) is 12.2. The molecule has 0 aromatic carbocycles. The van der Waals surface area contributed by atoms with Crippen molar-refractivity contribution in [3.05, 3.63) is 35.4 Å². The molecule has 0 aliphatic heterocycles. The third-order valence-corrected chi connectivity index (χ3v) is 5.00. The molecule has 0 spiro atoms. The molecular weight excluding hydrogens is 338 g/mol. The summed E-state index contributed by atoms with van der Waals surface area (Å²) >= 11 is 1.28. The SMILES string of the molecule is O=C(Cc1csc(NC(=O)c2ncccn2)n1)NCC1CCCCC1. The van der Waals surface area contributed by atoms with E-state index in [4.69, 9.17) is 0 Å². The second-order valence-corrected chi connectivity index (χ2v) is 7.01. The van der Waals surface area contributed by atoms with Crippen molar-refractivity contribution in [2.24, 2.45) is 5.92 Å². The van der Waals surface area contributed by atoms with Crippen LogP contribution in [-0.4, -0.2) is 33.3 Å². The quantitative estimate of drug-likeness (QED) is 0.825. The van der Waals surface area contributed by atoms with Crippen LogP contribution < -0.4 is 10.6 Å². The minimum Gasteiger partial charge on any atom is -0.355 e. The fourth-order valence-electron chi connectivity index (χ4n) is 2.89. The van der Waals surface area contributed by atoms with E-state index >= 15 is 0 Å². The molecule has 2 amide bonds. The monoisotopic (exact) mass is 359 g/mol. The van der Waals surface area contributed by atoms with Crippen LogP contribution in [0.15, 0.2) is 23.8 Å². The lowest BCUT2D eigenvalue weighted by Gasteiger charge is -2.21. The smallest absolute Gasteiger partial charge is 0.295 e. The van der Waals surface area contributed by atoms with Gasteiger partial charge in [-0.05, 0) is 24.8 Å². The number of carbonyl (C=O) groups is 2. The second kappa shape index (κ2) is 8.66. The highest BCUT2D eigenvalue weighted by Gasteiger charge is 2.16. The van der Waals surface area contributed by atoms with E-state index in [0.717, 1.165) is 6.54 Å². The Balaban J connectivity index is 1.46. The Bertz CT molecular complexity index is 713. The highest BCUT2D eigenvalue weighted by Crippen LogP contribution is 2.22. The summed E-state index contributed by atoms with van der Waals surface area (Å²) in [4.78, 5) is 36.1. The Morgan fingerprint density at radius 3 is 2.68 bits per heavy atom. The first-order valence-corrected chi connectivity index (χ1v) is 9.38. The zero-order valence-corrected chi connectivity index (χ0v) is 14.7. The standard InChI is InChI=1S/C17H21N5O2S/c23-14(20-10-12-5-2-1-3-6-12)9-13-11-25-17(21-13)22-16(24)15-18-7-4-8-19-15/h4,7-8,11-12H,1-3,5-6,9-10H2,(H,20,23)(H,21,22,24). The number of nitrogens with zero attached hydrogens (tertiary/aromatic N) is 3. The average Bonchev–Trinajstić information content (AvgIpc) is 3.08. The van der Waals surface area contributed by atoms with E-state index in [9.17, 15) is 9.59 Å². The van der Waals surface area contributed by atoms with Crippen LogP contribution in [0.3, 0.4) is 0 Å². The normalized spacial score (nSPS) is 14.9. The Morgan fingerprint density at radius 1 is 1.16 bits per heavy atom. The van der Waals surface area contributed by atoms with Gasteiger partial charge in [-0.25, -0.2) is 15.0 Å². The van der Waals surface area contributed by atoms with Crippen LogP contribution in [0.2, 0.25) is 0 Å². The van der Waals surface area contributed by atoms with Crippen LogP contribution in [0.25, 0.3) is 0 Å². The molecular formula is C17H21N5O2S. The van der Waals surface area contributed by atoms with Gasteiger partial charge < -0.3 is 5.32 Å². The molecule has 1 fully saturated rings. The third kappa shape index (κ3) is 5.32. The molecule has 1 aliphatic rings. The molecule has 8 heteroatoms. The number of rotatable bonds is 6. The van der Waals surface area contributed by atoms with Crippen LogP contribution in [-0.2, 0) is 11.2 Å². The van der Waals surface area contributed by atoms with Crippen molar-refractivity contribution in [1.82, 2.24) is 20.3 Å². The molecule has 2 heterocycles. The van der Waals surface area contributed by atoms with Crippen LogP contribution in [0.1, 0.15) is 48.4 Å². The molecule has 0 bridgehead atoms. The van der Waals surface area contributed by atoms with E-state index in [1.165, 1.54) is 55.8 Å². The van der Waals surface area contributed by atoms with Gasteiger partial charge in [-0.15, -0.1) is 11.3 Å². The predicted octanol–water partition coefficient (Wildman–Crippen LogP) is 2.42. The summed E-state index contributed by atoms with van der Waals surface area (Å²) in [5.74, 6) is 0.252. The summed E-state index contributed by atoms with van der Waals surface area (Å²) in [6, 6.07) is 1.64. The van der Waals surface area contributed by atoms with Crippen LogP contribution in [0.5, 0.6) is 0 Å². The van der Waals surface area contributed by atoms with E-state index in [1.807, 2.05) is 0 Å². The molecule has 0 atom stereocenters. The predicted molar refractivity (Wildman–Crippen MR) is 95.4 cm³/mol. The molecule has 132 valence electrons. The van der Waals surface area contributed by atoms with E-state index < -0.39 is 5.91 Å².